The van der Waals surface area contributed by atoms with Crippen LogP contribution in [0.5, 0.6) is 0 Å². The first-order valence-electron chi connectivity index (χ1n) is 6.94. The van der Waals surface area contributed by atoms with Crippen molar-refractivity contribution in [3.8, 4) is 0 Å². The topological polar surface area (TPSA) is 87.2 Å². The first-order valence-corrected chi connectivity index (χ1v) is 6.94. The second-order valence-electron chi connectivity index (χ2n) is 4.87. The highest BCUT2D eigenvalue weighted by molar-refractivity contribution is 6.02. The Bertz CT molecular complexity index is 672. The Kier molecular flexibility index (Phi) is 3.95. The number of amides is 2. The van der Waals surface area contributed by atoms with Crippen LogP contribution in [0.25, 0.3) is 0 Å². The van der Waals surface area contributed by atoms with Crippen molar-refractivity contribution in [3.05, 3.63) is 48.2 Å². The highest BCUT2D eigenvalue weighted by Gasteiger charge is 2.18. The number of rotatable bonds is 3. The summed E-state index contributed by atoms with van der Waals surface area (Å²) in [7, 11) is 0. The van der Waals surface area contributed by atoms with E-state index in [0.717, 1.165) is 0 Å². The number of hydrogen-bond donors (Lipinski definition) is 2. The SMILES string of the molecule is O=C1CN(c2ccc(C(=O)Nc3ccccc3)nn2)CCN1. The molecule has 0 aliphatic carbocycles. The molecule has 0 spiro atoms. The number of para-hydroxylation sites is 1. The van der Waals surface area contributed by atoms with Crippen LogP contribution in [0.1, 0.15) is 10.5 Å². The molecule has 1 aliphatic rings. The molecule has 1 aromatic carbocycles. The van der Waals surface area contributed by atoms with Crippen LogP contribution in [-0.4, -0.2) is 41.6 Å². The van der Waals surface area contributed by atoms with Crippen LogP contribution in [0.4, 0.5) is 11.5 Å². The monoisotopic (exact) mass is 297 g/mol. The van der Waals surface area contributed by atoms with Gasteiger partial charge in [0.15, 0.2) is 11.5 Å². The number of aromatic nitrogens is 2. The summed E-state index contributed by atoms with van der Waals surface area (Å²) in [5.41, 5.74) is 0.931. The van der Waals surface area contributed by atoms with Crippen LogP contribution in [0.3, 0.4) is 0 Å². The summed E-state index contributed by atoms with van der Waals surface area (Å²) in [5.74, 6) is 0.228. The molecule has 0 atom stereocenters. The first-order chi connectivity index (χ1) is 10.7. The van der Waals surface area contributed by atoms with Gasteiger partial charge in [0, 0.05) is 18.8 Å². The van der Waals surface area contributed by atoms with E-state index < -0.39 is 0 Å². The van der Waals surface area contributed by atoms with Crippen molar-refractivity contribution >= 4 is 23.3 Å². The fourth-order valence-electron chi connectivity index (χ4n) is 2.17. The number of nitrogens with zero attached hydrogens (tertiary/aromatic N) is 3. The van der Waals surface area contributed by atoms with Gasteiger partial charge in [-0.25, -0.2) is 0 Å². The smallest absolute Gasteiger partial charge is 0.276 e. The van der Waals surface area contributed by atoms with Gasteiger partial charge in [-0.3, -0.25) is 9.59 Å². The standard InChI is InChI=1S/C15H15N5O2/c21-14-10-20(9-8-16-14)13-7-6-12(18-19-13)15(22)17-11-4-2-1-3-5-11/h1-7H,8-10H2,(H,16,21)(H,17,22). The average Bonchev–Trinajstić information content (AvgIpc) is 2.56. The fourth-order valence-corrected chi connectivity index (χ4v) is 2.17. The lowest BCUT2D eigenvalue weighted by molar-refractivity contribution is -0.120. The number of benzene rings is 1. The zero-order valence-electron chi connectivity index (χ0n) is 11.8. The summed E-state index contributed by atoms with van der Waals surface area (Å²) in [6, 6.07) is 12.5. The van der Waals surface area contributed by atoms with Gasteiger partial charge in [0.05, 0.1) is 6.54 Å². The van der Waals surface area contributed by atoms with Crippen LogP contribution in [0.2, 0.25) is 0 Å². The third-order valence-corrected chi connectivity index (χ3v) is 3.28. The van der Waals surface area contributed by atoms with Gasteiger partial charge in [0.1, 0.15) is 0 Å². The number of anilines is 2. The molecule has 0 saturated carbocycles. The number of nitrogens with one attached hydrogen (secondary N) is 2. The second-order valence-corrected chi connectivity index (χ2v) is 4.87. The predicted molar refractivity (Wildman–Crippen MR) is 81.6 cm³/mol. The van der Waals surface area contributed by atoms with E-state index >= 15 is 0 Å². The number of hydrogen-bond acceptors (Lipinski definition) is 5. The largest absolute Gasteiger partial charge is 0.353 e. The molecule has 2 amide bonds. The second kappa shape index (κ2) is 6.21. The Hall–Kier alpha value is -2.96. The van der Waals surface area contributed by atoms with Gasteiger partial charge in [-0.15, -0.1) is 10.2 Å². The zero-order chi connectivity index (χ0) is 15.4. The van der Waals surface area contributed by atoms with Crippen molar-refractivity contribution in [3.63, 3.8) is 0 Å². The minimum absolute atomic E-state index is 0.0426. The molecule has 2 N–H and O–H groups in total. The van der Waals surface area contributed by atoms with E-state index in [-0.39, 0.29) is 24.1 Å². The lowest BCUT2D eigenvalue weighted by Crippen LogP contribution is -2.48. The summed E-state index contributed by atoms with van der Waals surface area (Å²) >= 11 is 0. The van der Waals surface area contributed by atoms with E-state index in [1.807, 2.05) is 23.1 Å². The van der Waals surface area contributed by atoms with Gasteiger partial charge in [-0.2, -0.15) is 0 Å². The molecule has 3 rings (SSSR count). The summed E-state index contributed by atoms with van der Waals surface area (Å²) in [5, 5.41) is 13.5. The van der Waals surface area contributed by atoms with Crippen molar-refractivity contribution < 1.29 is 9.59 Å². The highest BCUT2D eigenvalue weighted by atomic mass is 16.2. The van der Waals surface area contributed by atoms with Gasteiger partial charge >= 0.3 is 0 Å². The molecule has 0 bridgehead atoms. The molecule has 1 saturated heterocycles. The quantitative estimate of drug-likeness (QED) is 0.869. The molecule has 112 valence electrons. The first kappa shape index (κ1) is 14.0. The maximum Gasteiger partial charge on any atom is 0.276 e. The summed E-state index contributed by atoms with van der Waals surface area (Å²) in [6.07, 6.45) is 0. The Morgan fingerprint density at radius 3 is 2.64 bits per heavy atom. The van der Waals surface area contributed by atoms with Crippen molar-refractivity contribution in [2.24, 2.45) is 0 Å². The molecular weight excluding hydrogens is 282 g/mol. The van der Waals surface area contributed by atoms with Crippen LogP contribution in [0.15, 0.2) is 42.5 Å². The van der Waals surface area contributed by atoms with Crippen LogP contribution < -0.4 is 15.5 Å². The van der Waals surface area contributed by atoms with Crippen LogP contribution in [0, 0.1) is 0 Å². The van der Waals surface area contributed by atoms with Gasteiger partial charge in [0.2, 0.25) is 5.91 Å². The van der Waals surface area contributed by atoms with Gasteiger partial charge in [-0.05, 0) is 24.3 Å². The van der Waals surface area contributed by atoms with Crippen molar-refractivity contribution in [2.75, 3.05) is 29.9 Å². The molecule has 0 unspecified atom stereocenters. The van der Waals surface area contributed by atoms with E-state index in [1.54, 1.807) is 24.3 Å². The van der Waals surface area contributed by atoms with E-state index in [2.05, 4.69) is 20.8 Å². The summed E-state index contributed by atoms with van der Waals surface area (Å²) in [4.78, 5) is 25.2. The van der Waals surface area contributed by atoms with E-state index in [9.17, 15) is 9.59 Å². The molecule has 0 radical (unpaired) electrons. The molecule has 7 heteroatoms. The minimum Gasteiger partial charge on any atom is -0.353 e. The average molecular weight is 297 g/mol. The third-order valence-electron chi connectivity index (χ3n) is 3.28. The zero-order valence-corrected chi connectivity index (χ0v) is 11.8. The molecule has 7 nitrogen and oxygen atoms in total. The normalized spacial score (nSPS) is 14.4. The molecule has 1 aliphatic heterocycles. The molecule has 1 fully saturated rings. The predicted octanol–water partition coefficient (Wildman–Crippen LogP) is 0.665. The van der Waals surface area contributed by atoms with E-state index in [1.165, 1.54) is 0 Å². The Morgan fingerprint density at radius 2 is 1.95 bits per heavy atom. The Morgan fingerprint density at radius 1 is 1.14 bits per heavy atom. The summed E-state index contributed by atoms with van der Waals surface area (Å²) in [6.45, 7) is 1.51. The van der Waals surface area contributed by atoms with Crippen molar-refractivity contribution in [1.82, 2.24) is 15.5 Å². The van der Waals surface area contributed by atoms with Gasteiger partial charge < -0.3 is 15.5 Å². The molecular formula is C15H15N5O2. The molecule has 1 aromatic heterocycles. The van der Waals surface area contributed by atoms with Crippen molar-refractivity contribution in [2.45, 2.75) is 0 Å². The van der Waals surface area contributed by atoms with Crippen molar-refractivity contribution in [1.29, 1.82) is 0 Å². The number of carbonyl (C=O) groups is 2. The maximum atomic E-state index is 12.1. The maximum absolute atomic E-state index is 12.1. The molecule has 2 heterocycles. The van der Waals surface area contributed by atoms with E-state index in [0.29, 0.717) is 24.6 Å². The van der Waals surface area contributed by atoms with Gasteiger partial charge in [0.25, 0.3) is 5.91 Å². The Balaban J connectivity index is 1.68. The lowest BCUT2D eigenvalue weighted by Gasteiger charge is -2.27. The number of carbonyl (C=O) groups excluding carboxylic acids is 2. The molecule has 2 aromatic rings. The third kappa shape index (κ3) is 3.20. The van der Waals surface area contributed by atoms with E-state index in [4.69, 9.17) is 0 Å². The van der Waals surface area contributed by atoms with Gasteiger partial charge in [-0.1, -0.05) is 18.2 Å². The summed E-state index contributed by atoms with van der Waals surface area (Å²) < 4.78 is 0. The molecule has 22 heavy (non-hydrogen) atoms. The van der Waals surface area contributed by atoms with Crippen LogP contribution >= 0.6 is 0 Å². The highest BCUT2D eigenvalue weighted by Crippen LogP contribution is 2.12. The number of piperazine rings is 1. The minimum atomic E-state index is -0.318. The lowest BCUT2D eigenvalue weighted by atomic mass is 10.3. The fraction of sp³-hybridized carbons (Fsp3) is 0.200. The Labute approximate surface area is 127 Å². The van der Waals surface area contributed by atoms with Crippen LogP contribution in [-0.2, 0) is 4.79 Å².